The van der Waals surface area contributed by atoms with Gasteiger partial charge in [-0.2, -0.15) is 4.68 Å². The van der Waals surface area contributed by atoms with Crippen molar-refractivity contribution in [1.82, 2.24) is 20.2 Å². The van der Waals surface area contributed by atoms with E-state index >= 15 is 0 Å². The van der Waals surface area contributed by atoms with Gasteiger partial charge in [-0.3, -0.25) is 14.9 Å². The summed E-state index contributed by atoms with van der Waals surface area (Å²) in [7, 11) is 0. The van der Waals surface area contributed by atoms with Gasteiger partial charge in [0.15, 0.2) is 5.78 Å². The van der Waals surface area contributed by atoms with Gasteiger partial charge in [0.1, 0.15) is 0 Å². The third-order valence-electron chi connectivity index (χ3n) is 4.08. The van der Waals surface area contributed by atoms with E-state index in [0.29, 0.717) is 16.3 Å². The van der Waals surface area contributed by atoms with Crippen LogP contribution in [0.15, 0.2) is 41.6 Å². The maximum absolute atomic E-state index is 12.5. The minimum absolute atomic E-state index is 0.0639. The van der Waals surface area contributed by atoms with Gasteiger partial charge in [0.2, 0.25) is 5.16 Å². The van der Waals surface area contributed by atoms with Crippen LogP contribution >= 0.6 is 11.8 Å². The Morgan fingerprint density at radius 1 is 1.15 bits per heavy atom. The molecule has 0 spiro atoms. The maximum atomic E-state index is 12.5. The highest BCUT2D eigenvalue weighted by Gasteiger charge is 2.17. The fraction of sp³-hybridized carbons (Fsp3) is 0.222. The van der Waals surface area contributed by atoms with Crippen LogP contribution in [0.25, 0.3) is 5.69 Å². The molecule has 0 saturated carbocycles. The van der Waals surface area contributed by atoms with Gasteiger partial charge in [-0.25, -0.2) is 0 Å². The van der Waals surface area contributed by atoms with Crippen LogP contribution in [0.5, 0.6) is 0 Å². The number of nitro groups is 1. The van der Waals surface area contributed by atoms with Gasteiger partial charge in [-0.15, -0.1) is 5.10 Å². The van der Waals surface area contributed by atoms with Crippen LogP contribution in [0.1, 0.15) is 27.0 Å². The Hall–Kier alpha value is -3.07. The van der Waals surface area contributed by atoms with Crippen molar-refractivity contribution in [2.24, 2.45) is 0 Å². The molecule has 0 amide bonds. The first-order chi connectivity index (χ1) is 12.9. The first-order valence-electron chi connectivity index (χ1n) is 8.14. The molecular formula is C18H17N5O3S. The Morgan fingerprint density at radius 2 is 1.93 bits per heavy atom. The zero-order valence-electron chi connectivity index (χ0n) is 15.0. The number of ketones is 1. The summed E-state index contributed by atoms with van der Waals surface area (Å²) in [6, 6.07) is 10.4. The minimum Gasteiger partial charge on any atom is -0.293 e. The molecule has 3 aromatic rings. The fourth-order valence-corrected chi connectivity index (χ4v) is 3.43. The number of carbonyl (C=O) groups is 1. The first-order valence-corrected chi connectivity index (χ1v) is 9.12. The molecular weight excluding hydrogens is 366 g/mol. The number of Topliss-reactive ketones (excluding diaryl/α,β-unsaturated/α-hetero) is 1. The van der Waals surface area contributed by atoms with Crippen molar-refractivity contribution in [1.29, 1.82) is 0 Å². The number of benzene rings is 2. The normalized spacial score (nSPS) is 10.8. The maximum Gasteiger partial charge on any atom is 0.273 e. The molecule has 0 N–H and O–H groups in total. The van der Waals surface area contributed by atoms with E-state index in [1.165, 1.54) is 17.8 Å². The van der Waals surface area contributed by atoms with Crippen molar-refractivity contribution in [3.63, 3.8) is 0 Å². The van der Waals surface area contributed by atoms with Gasteiger partial charge in [-0.05, 0) is 42.8 Å². The van der Waals surface area contributed by atoms with Gasteiger partial charge in [0, 0.05) is 17.2 Å². The Morgan fingerprint density at radius 3 is 2.63 bits per heavy atom. The van der Waals surface area contributed by atoms with Crippen molar-refractivity contribution < 1.29 is 9.72 Å². The topological polar surface area (TPSA) is 104 Å². The molecule has 0 atom stereocenters. The van der Waals surface area contributed by atoms with Crippen molar-refractivity contribution >= 4 is 23.2 Å². The number of carbonyl (C=O) groups excluding carboxylic acids is 1. The van der Waals surface area contributed by atoms with Gasteiger partial charge in [0.05, 0.1) is 16.4 Å². The van der Waals surface area contributed by atoms with Crippen LogP contribution in [0, 0.1) is 30.9 Å². The molecule has 0 aliphatic rings. The third-order valence-corrected chi connectivity index (χ3v) is 5.00. The summed E-state index contributed by atoms with van der Waals surface area (Å²) in [6.45, 7) is 5.61. The SMILES string of the molecule is Cc1ccc(-n2nnnc2SCC(=O)c2ccc(C)c([N+](=O)[O-])c2)c(C)c1. The summed E-state index contributed by atoms with van der Waals surface area (Å²) in [6.07, 6.45) is 0. The van der Waals surface area contributed by atoms with Crippen LogP contribution in [0.3, 0.4) is 0 Å². The average molecular weight is 383 g/mol. The number of hydrogen-bond acceptors (Lipinski definition) is 7. The predicted molar refractivity (Wildman–Crippen MR) is 102 cm³/mol. The number of aryl methyl sites for hydroxylation is 3. The second kappa shape index (κ2) is 7.67. The highest BCUT2D eigenvalue weighted by atomic mass is 32.2. The lowest BCUT2D eigenvalue weighted by molar-refractivity contribution is -0.385. The van der Waals surface area contributed by atoms with Gasteiger partial charge in [0.25, 0.3) is 5.69 Å². The Bertz CT molecular complexity index is 1030. The Labute approximate surface area is 159 Å². The summed E-state index contributed by atoms with van der Waals surface area (Å²) >= 11 is 1.19. The standard InChI is InChI=1S/C18H17N5O3S/c1-11-4-7-15(13(3)8-11)22-18(19-20-21-22)27-10-17(24)14-6-5-12(2)16(9-14)23(25)26/h4-9H,10H2,1-3H3. The molecule has 0 aliphatic carbocycles. The van der Waals surface area contributed by atoms with E-state index in [9.17, 15) is 14.9 Å². The summed E-state index contributed by atoms with van der Waals surface area (Å²) in [5.74, 6) is -0.149. The zero-order chi connectivity index (χ0) is 19.6. The molecule has 0 aliphatic heterocycles. The molecule has 1 aromatic heterocycles. The number of thioether (sulfide) groups is 1. The van der Waals surface area contributed by atoms with E-state index in [2.05, 4.69) is 15.5 Å². The fourth-order valence-electron chi connectivity index (χ4n) is 2.66. The molecule has 1 heterocycles. The number of nitro benzene ring substituents is 1. The Balaban J connectivity index is 1.78. The molecule has 3 rings (SSSR count). The van der Waals surface area contributed by atoms with Gasteiger partial charge < -0.3 is 0 Å². The van der Waals surface area contributed by atoms with Gasteiger partial charge in [-0.1, -0.05) is 41.6 Å². The number of nitrogens with zero attached hydrogens (tertiary/aromatic N) is 5. The highest BCUT2D eigenvalue weighted by Crippen LogP contribution is 2.24. The molecule has 0 bridgehead atoms. The smallest absolute Gasteiger partial charge is 0.273 e. The van der Waals surface area contributed by atoms with Crippen molar-refractivity contribution in [3.05, 3.63) is 68.8 Å². The largest absolute Gasteiger partial charge is 0.293 e. The van der Waals surface area contributed by atoms with E-state index < -0.39 is 4.92 Å². The monoisotopic (exact) mass is 383 g/mol. The molecule has 0 radical (unpaired) electrons. The predicted octanol–water partition coefficient (Wildman–Crippen LogP) is 3.47. The molecule has 0 unspecified atom stereocenters. The lowest BCUT2D eigenvalue weighted by Crippen LogP contribution is -2.06. The summed E-state index contributed by atoms with van der Waals surface area (Å²) in [4.78, 5) is 23.0. The van der Waals surface area contributed by atoms with E-state index in [4.69, 9.17) is 0 Å². The molecule has 27 heavy (non-hydrogen) atoms. The highest BCUT2D eigenvalue weighted by molar-refractivity contribution is 7.99. The average Bonchev–Trinajstić information content (AvgIpc) is 3.08. The van der Waals surface area contributed by atoms with Crippen molar-refractivity contribution in [2.75, 3.05) is 5.75 Å². The molecule has 9 heteroatoms. The van der Waals surface area contributed by atoms with E-state index in [1.54, 1.807) is 23.7 Å². The first kappa shape index (κ1) is 18.7. The second-order valence-electron chi connectivity index (χ2n) is 6.13. The number of tetrazole rings is 1. The van der Waals surface area contributed by atoms with Crippen LogP contribution in [-0.4, -0.2) is 36.7 Å². The van der Waals surface area contributed by atoms with Crippen LogP contribution in [0.2, 0.25) is 0 Å². The number of hydrogen-bond donors (Lipinski definition) is 0. The summed E-state index contributed by atoms with van der Waals surface area (Å²) in [5.41, 5.74) is 3.74. The molecule has 138 valence electrons. The molecule has 2 aromatic carbocycles. The lowest BCUT2D eigenvalue weighted by Gasteiger charge is -2.08. The van der Waals surface area contributed by atoms with Crippen molar-refractivity contribution in [2.45, 2.75) is 25.9 Å². The summed E-state index contributed by atoms with van der Waals surface area (Å²) < 4.78 is 1.59. The zero-order valence-corrected chi connectivity index (χ0v) is 15.9. The number of rotatable bonds is 6. The third kappa shape index (κ3) is 4.03. The van der Waals surface area contributed by atoms with Crippen LogP contribution in [0.4, 0.5) is 5.69 Å². The van der Waals surface area contributed by atoms with Crippen LogP contribution < -0.4 is 0 Å². The van der Waals surface area contributed by atoms with Crippen molar-refractivity contribution in [3.8, 4) is 5.69 Å². The van der Waals surface area contributed by atoms with E-state index in [-0.39, 0.29) is 17.2 Å². The van der Waals surface area contributed by atoms with Crippen LogP contribution in [-0.2, 0) is 0 Å². The van der Waals surface area contributed by atoms with E-state index in [0.717, 1.165) is 16.8 Å². The van der Waals surface area contributed by atoms with Gasteiger partial charge >= 0.3 is 0 Å². The molecule has 0 saturated heterocycles. The summed E-state index contributed by atoms with van der Waals surface area (Å²) in [5, 5.41) is 23.2. The molecule has 0 fully saturated rings. The lowest BCUT2D eigenvalue weighted by atomic mass is 10.1. The molecule has 8 nitrogen and oxygen atoms in total. The second-order valence-corrected chi connectivity index (χ2v) is 7.08. The quantitative estimate of drug-likeness (QED) is 0.278. The Kier molecular flexibility index (Phi) is 5.31. The number of aromatic nitrogens is 4. The minimum atomic E-state index is -0.486. The van der Waals surface area contributed by atoms with E-state index in [1.807, 2.05) is 32.0 Å².